The predicted octanol–water partition coefficient (Wildman–Crippen LogP) is 2.52. The van der Waals surface area contributed by atoms with Gasteiger partial charge in [-0.1, -0.05) is 13.8 Å². The fourth-order valence-electron chi connectivity index (χ4n) is 2.31. The van der Waals surface area contributed by atoms with E-state index in [1.807, 2.05) is 35.9 Å². The molecule has 5 heteroatoms. The van der Waals surface area contributed by atoms with Crippen LogP contribution in [0.1, 0.15) is 25.5 Å². The van der Waals surface area contributed by atoms with Crippen molar-refractivity contribution in [3.05, 3.63) is 42.1 Å². The average Bonchev–Trinajstić information content (AvgIpc) is 2.91. The average molecular weight is 267 g/mol. The van der Waals surface area contributed by atoms with Gasteiger partial charge in [-0.25, -0.2) is 9.67 Å². The van der Waals surface area contributed by atoms with E-state index in [2.05, 4.69) is 22.0 Å². The summed E-state index contributed by atoms with van der Waals surface area (Å²) < 4.78 is 1.85. The molecule has 0 atom stereocenters. The first kappa shape index (κ1) is 12.6. The molecule has 102 valence electrons. The largest absolute Gasteiger partial charge is 0.396 e. The van der Waals surface area contributed by atoms with Crippen molar-refractivity contribution in [3.8, 4) is 5.69 Å². The van der Waals surface area contributed by atoms with Crippen LogP contribution in [0.3, 0.4) is 0 Å². The number of anilines is 1. The number of fused-ring (bicyclic) bond motifs is 1. The molecule has 3 rings (SSSR count). The van der Waals surface area contributed by atoms with E-state index < -0.39 is 0 Å². The third-order valence-corrected chi connectivity index (χ3v) is 3.38. The predicted molar refractivity (Wildman–Crippen MR) is 79.8 cm³/mol. The first-order valence-electron chi connectivity index (χ1n) is 6.83. The van der Waals surface area contributed by atoms with Crippen LogP contribution in [0, 0.1) is 0 Å². The zero-order chi connectivity index (χ0) is 14.1. The highest BCUT2D eigenvalue weighted by atomic mass is 15.4. The smallest absolute Gasteiger partial charge is 0.151 e. The highest BCUT2D eigenvalue weighted by molar-refractivity contribution is 5.94. The number of nitrogens with zero attached hydrogens (tertiary/aromatic N) is 4. The molecule has 0 spiro atoms. The van der Waals surface area contributed by atoms with Gasteiger partial charge in [0.2, 0.25) is 0 Å². The van der Waals surface area contributed by atoms with Crippen LogP contribution in [0.5, 0.6) is 0 Å². The molecule has 3 aromatic rings. The molecule has 0 radical (unpaired) electrons. The van der Waals surface area contributed by atoms with Crippen molar-refractivity contribution < 1.29 is 0 Å². The van der Waals surface area contributed by atoms with Crippen LogP contribution in [-0.2, 0) is 12.8 Å². The SMILES string of the molecule is CCc1nc(CC)n(-c2ccc3ncccc3c2N)n1. The highest BCUT2D eigenvalue weighted by Gasteiger charge is 2.13. The Morgan fingerprint density at radius 2 is 2.00 bits per heavy atom. The summed E-state index contributed by atoms with van der Waals surface area (Å²) in [4.78, 5) is 8.84. The zero-order valence-electron chi connectivity index (χ0n) is 11.7. The van der Waals surface area contributed by atoms with Gasteiger partial charge in [-0.2, -0.15) is 5.10 Å². The van der Waals surface area contributed by atoms with E-state index in [0.717, 1.165) is 41.1 Å². The molecule has 0 aliphatic carbocycles. The Morgan fingerprint density at radius 1 is 1.15 bits per heavy atom. The zero-order valence-corrected chi connectivity index (χ0v) is 11.7. The minimum atomic E-state index is 0.692. The molecule has 0 amide bonds. The van der Waals surface area contributed by atoms with Crippen molar-refractivity contribution in [2.24, 2.45) is 0 Å². The van der Waals surface area contributed by atoms with Gasteiger partial charge in [0, 0.05) is 24.4 Å². The van der Waals surface area contributed by atoms with Gasteiger partial charge in [0.15, 0.2) is 5.82 Å². The Hall–Kier alpha value is -2.43. The van der Waals surface area contributed by atoms with E-state index in [9.17, 15) is 0 Å². The second kappa shape index (κ2) is 4.92. The van der Waals surface area contributed by atoms with Gasteiger partial charge < -0.3 is 5.73 Å². The van der Waals surface area contributed by atoms with Gasteiger partial charge >= 0.3 is 0 Å². The summed E-state index contributed by atoms with van der Waals surface area (Å²) in [6.45, 7) is 4.12. The van der Waals surface area contributed by atoms with Crippen molar-refractivity contribution in [3.63, 3.8) is 0 Å². The number of benzene rings is 1. The lowest BCUT2D eigenvalue weighted by Gasteiger charge is -2.10. The molecule has 1 aromatic carbocycles. The van der Waals surface area contributed by atoms with Gasteiger partial charge in [0.25, 0.3) is 0 Å². The fourth-order valence-corrected chi connectivity index (χ4v) is 2.31. The van der Waals surface area contributed by atoms with E-state index in [4.69, 9.17) is 5.73 Å². The third-order valence-electron chi connectivity index (χ3n) is 3.38. The first-order valence-corrected chi connectivity index (χ1v) is 6.83. The molecule has 2 N–H and O–H groups in total. The maximum atomic E-state index is 6.30. The van der Waals surface area contributed by atoms with Crippen molar-refractivity contribution in [2.45, 2.75) is 26.7 Å². The molecule has 0 unspecified atom stereocenters. The highest BCUT2D eigenvalue weighted by Crippen LogP contribution is 2.26. The topological polar surface area (TPSA) is 69.6 Å². The van der Waals surface area contributed by atoms with Crippen LogP contribution in [0.25, 0.3) is 16.6 Å². The van der Waals surface area contributed by atoms with Crippen LogP contribution in [-0.4, -0.2) is 19.7 Å². The number of aryl methyl sites for hydroxylation is 2. The number of rotatable bonds is 3. The van der Waals surface area contributed by atoms with Crippen LogP contribution < -0.4 is 5.73 Å². The Morgan fingerprint density at radius 3 is 2.75 bits per heavy atom. The molecule has 2 aromatic heterocycles. The van der Waals surface area contributed by atoms with Crippen molar-refractivity contribution in [1.82, 2.24) is 19.7 Å². The summed E-state index contributed by atoms with van der Waals surface area (Å²) in [5.41, 5.74) is 8.75. The summed E-state index contributed by atoms with van der Waals surface area (Å²) in [5, 5.41) is 5.49. The Labute approximate surface area is 117 Å². The number of hydrogen-bond donors (Lipinski definition) is 1. The van der Waals surface area contributed by atoms with Gasteiger partial charge in [-0.05, 0) is 24.3 Å². The summed E-state index contributed by atoms with van der Waals surface area (Å²) in [7, 11) is 0. The van der Waals surface area contributed by atoms with E-state index >= 15 is 0 Å². The number of nitrogens with two attached hydrogens (primary N) is 1. The molecular weight excluding hydrogens is 250 g/mol. The second-order valence-electron chi connectivity index (χ2n) is 4.63. The summed E-state index contributed by atoms with van der Waals surface area (Å²) >= 11 is 0. The maximum absolute atomic E-state index is 6.30. The molecular formula is C15H17N5. The van der Waals surface area contributed by atoms with Crippen LogP contribution in [0.2, 0.25) is 0 Å². The molecule has 0 saturated heterocycles. The minimum absolute atomic E-state index is 0.692. The summed E-state index contributed by atoms with van der Waals surface area (Å²) in [6.07, 6.45) is 3.40. The van der Waals surface area contributed by atoms with Crippen molar-refractivity contribution >= 4 is 16.6 Å². The number of hydrogen-bond acceptors (Lipinski definition) is 4. The Kier molecular flexibility index (Phi) is 3.10. The lowest BCUT2D eigenvalue weighted by atomic mass is 10.1. The lowest BCUT2D eigenvalue weighted by Crippen LogP contribution is -2.06. The normalized spacial score (nSPS) is 11.1. The van der Waals surface area contributed by atoms with Gasteiger partial charge in [0.05, 0.1) is 16.9 Å². The quantitative estimate of drug-likeness (QED) is 0.740. The Bertz CT molecular complexity index is 760. The molecule has 0 aliphatic rings. The van der Waals surface area contributed by atoms with E-state index in [-0.39, 0.29) is 0 Å². The number of nitrogen functional groups attached to an aromatic ring is 1. The second-order valence-corrected chi connectivity index (χ2v) is 4.63. The van der Waals surface area contributed by atoms with Crippen molar-refractivity contribution in [1.29, 1.82) is 0 Å². The number of pyridine rings is 1. The Balaban J connectivity index is 2.24. The number of aromatic nitrogens is 4. The summed E-state index contributed by atoms with van der Waals surface area (Å²) in [5.74, 6) is 1.77. The molecule has 0 fully saturated rings. The molecule has 0 aliphatic heterocycles. The monoisotopic (exact) mass is 267 g/mol. The fraction of sp³-hybridized carbons (Fsp3) is 0.267. The van der Waals surface area contributed by atoms with Crippen molar-refractivity contribution in [2.75, 3.05) is 5.73 Å². The molecule has 2 heterocycles. The lowest BCUT2D eigenvalue weighted by molar-refractivity contribution is 0.793. The minimum Gasteiger partial charge on any atom is -0.396 e. The van der Waals surface area contributed by atoms with E-state index in [0.29, 0.717) is 5.69 Å². The third kappa shape index (κ3) is 1.91. The van der Waals surface area contributed by atoms with Gasteiger partial charge in [-0.3, -0.25) is 4.98 Å². The standard InChI is InChI=1S/C15H17N5/c1-3-13-18-14(4-2)20(19-13)12-8-7-11-10(15(12)16)6-5-9-17-11/h5-9H,3-4,16H2,1-2H3. The van der Waals surface area contributed by atoms with E-state index in [1.54, 1.807) is 6.20 Å². The first-order chi connectivity index (χ1) is 9.74. The molecule has 0 bridgehead atoms. The molecule has 0 saturated carbocycles. The van der Waals surface area contributed by atoms with Gasteiger partial charge in [-0.15, -0.1) is 0 Å². The molecule has 20 heavy (non-hydrogen) atoms. The maximum Gasteiger partial charge on any atom is 0.151 e. The van der Waals surface area contributed by atoms with Crippen LogP contribution in [0.4, 0.5) is 5.69 Å². The van der Waals surface area contributed by atoms with E-state index in [1.165, 1.54) is 0 Å². The molecule has 5 nitrogen and oxygen atoms in total. The van der Waals surface area contributed by atoms with Gasteiger partial charge in [0.1, 0.15) is 5.82 Å². The van der Waals surface area contributed by atoms with Crippen LogP contribution in [0.15, 0.2) is 30.5 Å². The summed E-state index contributed by atoms with van der Waals surface area (Å²) in [6, 6.07) is 7.79. The van der Waals surface area contributed by atoms with Crippen LogP contribution >= 0.6 is 0 Å².